The summed E-state index contributed by atoms with van der Waals surface area (Å²) in [6.07, 6.45) is 0. The van der Waals surface area contributed by atoms with E-state index in [1.165, 1.54) is 0 Å². The smallest absolute Gasteiger partial charge is 0.251 e. The first-order valence-corrected chi connectivity index (χ1v) is 6.95. The zero-order chi connectivity index (χ0) is 15.3. The molecule has 110 valence electrons. The number of nitrogens with two attached hydrogens (primary N) is 1. The van der Waals surface area contributed by atoms with E-state index >= 15 is 0 Å². The number of rotatable bonds is 6. The summed E-state index contributed by atoms with van der Waals surface area (Å²) in [5.41, 5.74) is 6.94. The van der Waals surface area contributed by atoms with Crippen molar-refractivity contribution >= 4 is 23.1 Å². The number of nitrogens with zero attached hydrogens (tertiary/aromatic N) is 1. The molecule has 0 heterocycles. The molecule has 0 aliphatic heterocycles. The predicted octanol–water partition coefficient (Wildman–Crippen LogP) is 1.64. The van der Waals surface area contributed by atoms with Gasteiger partial charge in [-0.15, -0.1) is 0 Å². The Labute approximate surface area is 126 Å². The molecule has 1 rings (SSSR count). The number of benzene rings is 1. The van der Waals surface area contributed by atoms with Crippen LogP contribution < -0.4 is 11.1 Å². The summed E-state index contributed by atoms with van der Waals surface area (Å²) in [5, 5.41) is 2.96. The second kappa shape index (κ2) is 6.81. The maximum absolute atomic E-state index is 12.1. The Morgan fingerprint density at radius 3 is 2.20 bits per heavy atom. The van der Waals surface area contributed by atoms with Gasteiger partial charge in [0, 0.05) is 24.2 Å². The zero-order valence-corrected chi connectivity index (χ0v) is 13.4. The molecule has 1 amide bonds. The predicted molar refractivity (Wildman–Crippen MR) is 87.0 cm³/mol. The topological polar surface area (TPSA) is 58.4 Å². The summed E-state index contributed by atoms with van der Waals surface area (Å²) >= 11 is 4.88. The maximum Gasteiger partial charge on any atom is 0.251 e. The lowest BCUT2D eigenvalue weighted by molar-refractivity contribution is 0.0929. The van der Waals surface area contributed by atoms with Crippen LogP contribution in [0.5, 0.6) is 0 Å². The van der Waals surface area contributed by atoms with Crippen molar-refractivity contribution in [3.05, 3.63) is 35.4 Å². The number of amides is 1. The van der Waals surface area contributed by atoms with E-state index in [1.807, 2.05) is 14.1 Å². The molecule has 20 heavy (non-hydrogen) atoms. The summed E-state index contributed by atoms with van der Waals surface area (Å²) in [4.78, 5) is 14.5. The highest BCUT2D eigenvalue weighted by Gasteiger charge is 2.20. The van der Waals surface area contributed by atoms with E-state index < -0.39 is 0 Å². The molecule has 4 nitrogen and oxygen atoms in total. The van der Waals surface area contributed by atoms with Crippen LogP contribution in [0.15, 0.2) is 24.3 Å². The van der Waals surface area contributed by atoms with Gasteiger partial charge in [0.25, 0.3) is 5.91 Å². The minimum absolute atomic E-state index is 0.0257. The van der Waals surface area contributed by atoms with Crippen molar-refractivity contribution in [2.75, 3.05) is 27.2 Å². The summed E-state index contributed by atoms with van der Waals surface area (Å²) in [6, 6.07) is 7.01. The molecular weight excluding hydrogens is 270 g/mol. The quantitative estimate of drug-likeness (QED) is 0.783. The highest BCUT2D eigenvalue weighted by Crippen LogP contribution is 2.14. The van der Waals surface area contributed by atoms with Gasteiger partial charge in [-0.2, -0.15) is 0 Å². The van der Waals surface area contributed by atoms with Crippen molar-refractivity contribution in [1.29, 1.82) is 0 Å². The lowest BCUT2D eigenvalue weighted by atomic mass is 9.93. The van der Waals surface area contributed by atoms with E-state index in [-0.39, 0.29) is 11.3 Å². The molecule has 0 saturated carbocycles. The van der Waals surface area contributed by atoms with Gasteiger partial charge < -0.3 is 16.0 Å². The molecule has 0 aromatic heterocycles. The number of carbonyl (C=O) groups is 1. The third-order valence-electron chi connectivity index (χ3n) is 2.90. The van der Waals surface area contributed by atoms with Crippen molar-refractivity contribution < 1.29 is 4.79 Å². The summed E-state index contributed by atoms with van der Waals surface area (Å²) in [5.74, 6) is -0.0775. The molecule has 1 aromatic rings. The molecule has 0 fully saturated rings. The average molecular weight is 293 g/mol. The van der Waals surface area contributed by atoms with Crippen molar-refractivity contribution in [1.82, 2.24) is 10.2 Å². The van der Waals surface area contributed by atoms with Crippen LogP contribution in [0.25, 0.3) is 0 Å². The Morgan fingerprint density at radius 1 is 1.25 bits per heavy atom. The normalized spacial score (nSPS) is 11.4. The van der Waals surface area contributed by atoms with Gasteiger partial charge in [0.2, 0.25) is 0 Å². The second-order valence-corrected chi connectivity index (χ2v) is 6.47. The van der Waals surface area contributed by atoms with Crippen molar-refractivity contribution in [2.24, 2.45) is 11.1 Å². The number of hydrogen-bond donors (Lipinski definition) is 2. The maximum atomic E-state index is 12.1. The largest absolute Gasteiger partial charge is 0.389 e. The molecular formula is C15H23N3OS. The molecule has 0 bridgehead atoms. The number of carbonyl (C=O) groups excluding carboxylic acids is 1. The van der Waals surface area contributed by atoms with Crippen LogP contribution in [-0.2, 0) is 0 Å². The van der Waals surface area contributed by atoms with E-state index in [9.17, 15) is 4.79 Å². The molecule has 0 saturated heterocycles. The highest BCUT2D eigenvalue weighted by molar-refractivity contribution is 7.80. The minimum Gasteiger partial charge on any atom is -0.389 e. The van der Waals surface area contributed by atoms with Gasteiger partial charge in [0.05, 0.1) is 0 Å². The lowest BCUT2D eigenvalue weighted by Crippen LogP contribution is -2.39. The molecule has 0 atom stereocenters. The van der Waals surface area contributed by atoms with Crippen LogP contribution in [0.2, 0.25) is 0 Å². The van der Waals surface area contributed by atoms with Crippen LogP contribution in [-0.4, -0.2) is 43.0 Å². The Bertz CT molecular complexity index is 480. The summed E-state index contributed by atoms with van der Waals surface area (Å²) in [7, 11) is 4.05. The van der Waals surface area contributed by atoms with Crippen LogP contribution in [0.1, 0.15) is 29.8 Å². The first kappa shape index (κ1) is 16.6. The standard InChI is InChI=1S/C15H23N3OS/c1-15(2,10-18(3)4)9-17-14(19)12-7-5-11(6-8-12)13(16)20/h5-8H,9-10H2,1-4H3,(H2,16,20)(H,17,19). The minimum atomic E-state index is -0.0775. The Balaban J connectivity index is 2.61. The third kappa shape index (κ3) is 5.27. The van der Waals surface area contributed by atoms with Gasteiger partial charge in [0.15, 0.2) is 0 Å². The van der Waals surface area contributed by atoms with Gasteiger partial charge in [-0.05, 0) is 31.6 Å². The number of hydrogen-bond acceptors (Lipinski definition) is 3. The van der Waals surface area contributed by atoms with E-state index in [0.717, 1.165) is 12.1 Å². The van der Waals surface area contributed by atoms with Gasteiger partial charge >= 0.3 is 0 Å². The summed E-state index contributed by atoms with van der Waals surface area (Å²) in [6.45, 7) is 5.79. The zero-order valence-electron chi connectivity index (χ0n) is 12.6. The van der Waals surface area contributed by atoms with Crippen LogP contribution in [0, 0.1) is 5.41 Å². The first-order valence-electron chi connectivity index (χ1n) is 6.54. The van der Waals surface area contributed by atoms with E-state index in [4.69, 9.17) is 18.0 Å². The van der Waals surface area contributed by atoms with Crippen LogP contribution in [0.3, 0.4) is 0 Å². The SMILES string of the molecule is CN(C)CC(C)(C)CNC(=O)c1ccc(C(N)=S)cc1. The molecule has 0 aliphatic carbocycles. The van der Waals surface area contributed by atoms with E-state index in [2.05, 4.69) is 24.1 Å². The molecule has 3 N–H and O–H groups in total. The number of thiocarbonyl (C=S) groups is 1. The van der Waals surface area contributed by atoms with E-state index in [0.29, 0.717) is 17.1 Å². The number of nitrogens with one attached hydrogen (secondary N) is 1. The molecule has 0 aliphatic rings. The molecule has 1 aromatic carbocycles. The van der Waals surface area contributed by atoms with Crippen molar-refractivity contribution in [3.8, 4) is 0 Å². The summed E-state index contributed by atoms with van der Waals surface area (Å²) < 4.78 is 0. The van der Waals surface area contributed by atoms with Crippen molar-refractivity contribution in [3.63, 3.8) is 0 Å². The lowest BCUT2D eigenvalue weighted by Gasteiger charge is -2.28. The molecule has 0 unspecified atom stereocenters. The molecule has 0 radical (unpaired) electrons. The van der Waals surface area contributed by atoms with Gasteiger partial charge in [-0.1, -0.05) is 38.2 Å². The fourth-order valence-electron chi connectivity index (χ4n) is 2.12. The Morgan fingerprint density at radius 2 is 1.75 bits per heavy atom. The fourth-order valence-corrected chi connectivity index (χ4v) is 2.26. The average Bonchev–Trinajstić information content (AvgIpc) is 2.34. The van der Waals surface area contributed by atoms with Gasteiger partial charge in [-0.3, -0.25) is 4.79 Å². The van der Waals surface area contributed by atoms with Crippen LogP contribution in [0.4, 0.5) is 0 Å². The molecule has 0 spiro atoms. The van der Waals surface area contributed by atoms with Gasteiger partial charge in [0.1, 0.15) is 4.99 Å². The monoisotopic (exact) mass is 293 g/mol. The van der Waals surface area contributed by atoms with Crippen molar-refractivity contribution in [2.45, 2.75) is 13.8 Å². The Hall–Kier alpha value is -1.46. The Kier molecular flexibility index (Phi) is 5.65. The third-order valence-corrected chi connectivity index (χ3v) is 3.14. The second-order valence-electron chi connectivity index (χ2n) is 6.03. The van der Waals surface area contributed by atoms with Crippen LogP contribution >= 0.6 is 12.2 Å². The van der Waals surface area contributed by atoms with Gasteiger partial charge in [-0.25, -0.2) is 0 Å². The molecule has 5 heteroatoms. The highest BCUT2D eigenvalue weighted by atomic mass is 32.1. The van der Waals surface area contributed by atoms with E-state index in [1.54, 1.807) is 24.3 Å². The fraction of sp³-hybridized carbons (Fsp3) is 0.467. The first-order chi connectivity index (χ1) is 9.21.